The van der Waals surface area contributed by atoms with Gasteiger partial charge in [-0.3, -0.25) is 4.79 Å². The van der Waals surface area contributed by atoms with Gasteiger partial charge < -0.3 is 11.1 Å². The van der Waals surface area contributed by atoms with Crippen LogP contribution >= 0.6 is 11.6 Å². The topological polar surface area (TPSA) is 55.1 Å². The largest absolute Gasteiger partial charge is 0.398 e. The third-order valence-electron chi connectivity index (χ3n) is 2.19. The Balaban J connectivity index is 2.94. The number of rotatable bonds is 3. The predicted molar refractivity (Wildman–Crippen MR) is 66.2 cm³/mol. The van der Waals surface area contributed by atoms with Gasteiger partial charge in [-0.25, -0.2) is 0 Å². The third kappa shape index (κ3) is 2.68. The first kappa shape index (κ1) is 12.4. The summed E-state index contributed by atoms with van der Waals surface area (Å²) in [5.74, 6) is 2.14. The number of amides is 1. The van der Waals surface area contributed by atoms with Crippen LogP contribution in [0.5, 0.6) is 0 Å². The van der Waals surface area contributed by atoms with Crippen LogP contribution in [0.1, 0.15) is 23.7 Å². The highest BCUT2D eigenvalue weighted by atomic mass is 35.5. The zero-order valence-corrected chi connectivity index (χ0v) is 9.71. The Hall–Kier alpha value is -1.66. The minimum absolute atomic E-state index is 0.276. The summed E-state index contributed by atoms with van der Waals surface area (Å²) in [6.45, 7) is 1.89. The minimum atomic E-state index is -0.340. The average Bonchev–Trinajstić information content (AvgIpc) is 2.25. The van der Waals surface area contributed by atoms with Crippen LogP contribution in [-0.2, 0) is 0 Å². The number of nitrogen functional groups attached to an aromatic ring is 1. The fraction of sp³-hybridized carbons (Fsp3) is 0.250. The van der Waals surface area contributed by atoms with Crippen LogP contribution in [0.2, 0.25) is 5.02 Å². The molecule has 0 saturated heterocycles. The normalized spacial score (nSPS) is 11.6. The summed E-state index contributed by atoms with van der Waals surface area (Å²) >= 11 is 5.90. The van der Waals surface area contributed by atoms with E-state index in [9.17, 15) is 4.79 Å². The van der Waals surface area contributed by atoms with Crippen molar-refractivity contribution in [3.63, 3.8) is 0 Å². The Morgan fingerprint density at radius 1 is 1.69 bits per heavy atom. The molecular formula is C12H13ClN2O. The molecule has 0 aliphatic carbocycles. The summed E-state index contributed by atoms with van der Waals surface area (Å²) in [7, 11) is 0. The summed E-state index contributed by atoms with van der Waals surface area (Å²) < 4.78 is 0. The zero-order valence-electron chi connectivity index (χ0n) is 8.96. The van der Waals surface area contributed by atoms with Gasteiger partial charge >= 0.3 is 0 Å². The number of halogens is 1. The molecular weight excluding hydrogens is 224 g/mol. The van der Waals surface area contributed by atoms with E-state index in [1.807, 2.05) is 6.92 Å². The van der Waals surface area contributed by atoms with Gasteiger partial charge in [0.2, 0.25) is 0 Å². The van der Waals surface area contributed by atoms with Gasteiger partial charge in [-0.2, -0.15) is 0 Å². The Morgan fingerprint density at radius 2 is 2.38 bits per heavy atom. The molecule has 0 bridgehead atoms. The van der Waals surface area contributed by atoms with E-state index in [1.54, 1.807) is 18.2 Å². The molecule has 3 N–H and O–H groups in total. The average molecular weight is 237 g/mol. The van der Waals surface area contributed by atoms with Gasteiger partial charge in [0, 0.05) is 5.69 Å². The smallest absolute Gasteiger partial charge is 0.255 e. The number of carbonyl (C=O) groups is 1. The van der Waals surface area contributed by atoms with E-state index in [2.05, 4.69) is 11.2 Å². The maximum Gasteiger partial charge on any atom is 0.255 e. The number of hydrogen-bond donors (Lipinski definition) is 2. The van der Waals surface area contributed by atoms with Gasteiger partial charge in [-0.05, 0) is 18.6 Å². The summed E-state index contributed by atoms with van der Waals surface area (Å²) in [6, 6.07) is 4.62. The monoisotopic (exact) mass is 236 g/mol. The highest BCUT2D eigenvalue weighted by Crippen LogP contribution is 2.21. The van der Waals surface area contributed by atoms with E-state index in [1.165, 1.54) is 0 Å². The third-order valence-corrected chi connectivity index (χ3v) is 2.50. The van der Waals surface area contributed by atoms with Crippen LogP contribution in [0.15, 0.2) is 18.2 Å². The van der Waals surface area contributed by atoms with Gasteiger partial charge in [0.05, 0.1) is 16.6 Å². The molecule has 0 aromatic heterocycles. The first-order valence-electron chi connectivity index (χ1n) is 4.91. The summed E-state index contributed by atoms with van der Waals surface area (Å²) in [5, 5.41) is 3.00. The van der Waals surface area contributed by atoms with Gasteiger partial charge in [0.25, 0.3) is 5.91 Å². The summed E-state index contributed by atoms with van der Waals surface area (Å²) in [6.07, 6.45) is 5.92. The molecule has 1 rings (SSSR count). The molecule has 16 heavy (non-hydrogen) atoms. The van der Waals surface area contributed by atoms with Crippen molar-refractivity contribution in [2.75, 3.05) is 5.73 Å². The molecule has 3 nitrogen and oxygen atoms in total. The number of benzene rings is 1. The molecule has 0 saturated carbocycles. The first-order chi connectivity index (χ1) is 7.60. The fourth-order valence-electron chi connectivity index (χ4n) is 1.27. The van der Waals surface area contributed by atoms with Crippen LogP contribution < -0.4 is 11.1 Å². The number of hydrogen-bond acceptors (Lipinski definition) is 2. The molecule has 0 aliphatic heterocycles. The quantitative estimate of drug-likeness (QED) is 0.624. The molecule has 0 spiro atoms. The molecule has 1 unspecified atom stereocenters. The predicted octanol–water partition coefficient (Wildman–Crippen LogP) is 2.06. The van der Waals surface area contributed by atoms with E-state index in [0.717, 1.165) is 0 Å². The number of nitrogens with one attached hydrogen (secondary N) is 1. The van der Waals surface area contributed by atoms with Gasteiger partial charge in [0.1, 0.15) is 0 Å². The molecule has 0 heterocycles. The number of nitrogens with two attached hydrogens (primary N) is 1. The molecule has 0 radical (unpaired) electrons. The Kier molecular flexibility index (Phi) is 4.21. The van der Waals surface area contributed by atoms with E-state index in [0.29, 0.717) is 17.1 Å². The lowest BCUT2D eigenvalue weighted by molar-refractivity contribution is 0.0946. The lowest BCUT2D eigenvalue weighted by Crippen LogP contribution is -2.33. The second kappa shape index (κ2) is 5.43. The number of terminal acetylenes is 1. The number of anilines is 1. The molecule has 0 aliphatic rings. The molecule has 0 fully saturated rings. The van der Waals surface area contributed by atoms with E-state index in [4.69, 9.17) is 23.8 Å². The second-order valence-electron chi connectivity index (χ2n) is 3.31. The molecule has 1 amide bonds. The van der Waals surface area contributed by atoms with Crippen molar-refractivity contribution < 1.29 is 4.79 Å². The Bertz CT molecular complexity index is 417. The first-order valence-corrected chi connectivity index (χ1v) is 5.29. The SMILES string of the molecule is C#CC(CC)NC(=O)c1c(N)cccc1Cl. The van der Waals surface area contributed by atoms with Crippen molar-refractivity contribution in [2.45, 2.75) is 19.4 Å². The lowest BCUT2D eigenvalue weighted by Gasteiger charge is -2.12. The van der Waals surface area contributed by atoms with E-state index < -0.39 is 0 Å². The van der Waals surface area contributed by atoms with Crippen LogP contribution in [0, 0.1) is 12.3 Å². The van der Waals surface area contributed by atoms with Gasteiger partial charge in [-0.1, -0.05) is 30.5 Å². The molecule has 1 atom stereocenters. The molecule has 4 heteroatoms. The highest BCUT2D eigenvalue weighted by molar-refractivity contribution is 6.34. The maximum atomic E-state index is 11.8. The van der Waals surface area contributed by atoms with Crippen molar-refractivity contribution in [3.8, 4) is 12.3 Å². The van der Waals surface area contributed by atoms with Crippen LogP contribution in [0.25, 0.3) is 0 Å². The Labute approximate surface area is 100.0 Å². The second-order valence-corrected chi connectivity index (χ2v) is 3.71. The van der Waals surface area contributed by atoms with Gasteiger partial charge in [-0.15, -0.1) is 6.42 Å². The number of carbonyl (C=O) groups excluding carboxylic acids is 1. The van der Waals surface area contributed by atoms with E-state index in [-0.39, 0.29) is 17.5 Å². The van der Waals surface area contributed by atoms with Crippen molar-refractivity contribution in [1.82, 2.24) is 5.32 Å². The van der Waals surface area contributed by atoms with Crippen molar-refractivity contribution in [1.29, 1.82) is 0 Å². The maximum absolute atomic E-state index is 11.8. The van der Waals surface area contributed by atoms with Crippen molar-refractivity contribution in [2.24, 2.45) is 0 Å². The van der Waals surface area contributed by atoms with Gasteiger partial charge in [0.15, 0.2) is 0 Å². The molecule has 84 valence electrons. The van der Waals surface area contributed by atoms with Crippen LogP contribution in [0.3, 0.4) is 0 Å². The standard InChI is InChI=1S/C12H13ClN2O/c1-3-8(4-2)15-12(16)11-9(13)6-5-7-10(11)14/h1,5-8H,4,14H2,2H3,(H,15,16). The Morgan fingerprint density at radius 3 is 2.88 bits per heavy atom. The summed E-state index contributed by atoms with van der Waals surface area (Å²) in [4.78, 5) is 11.8. The van der Waals surface area contributed by atoms with Crippen molar-refractivity contribution in [3.05, 3.63) is 28.8 Å². The lowest BCUT2D eigenvalue weighted by atomic mass is 10.1. The van der Waals surface area contributed by atoms with Crippen molar-refractivity contribution >= 4 is 23.2 Å². The minimum Gasteiger partial charge on any atom is -0.398 e. The fourth-order valence-corrected chi connectivity index (χ4v) is 1.54. The van der Waals surface area contributed by atoms with Crippen LogP contribution in [0.4, 0.5) is 5.69 Å². The summed E-state index contributed by atoms with van der Waals surface area (Å²) in [5.41, 5.74) is 6.30. The highest BCUT2D eigenvalue weighted by Gasteiger charge is 2.15. The molecule has 1 aromatic rings. The zero-order chi connectivity index (χ0) is 12.1. The van der Waals surface area contributed by atoms with E-state index >= 15 is 0 Å². The van der Waals surface area contributed by atoms with Crippen LogP contribution in [-0.4, -0.2) is 11.9 Å². The molecule has 1 aromatic carbocycles.